The first-order chi connectivity index (χ1) is 20.0. The van der Waals surface area contributed by atoms with Crippen LogP contribution in [-0.2, 0) is 20.5 Å². The van der Waals surface area contributed by atoms with E-state index in [2.05, 4.69) is 4.90 Å². The number of halogens is 5. The predicted molar refractivity (Wildman–Crippen MR) is 154 cm³/mol. The summed E-state index contributed by atoms with van der Waals surface area (Å²) in [5, 5.41) is 0.498. The lowest BCUT2D eigenvalue weighted by Crippen LogP contribution is -2.48. The highest BCUT2D eigenvalue weighted by atomic mass is 35.5. The molecule has 2 aliphatic rings. The number of nitrogens with zero attached hydrogens (tertiary/aromatic N) is 3. The molecule has 0 bridgehead atoms. The van der Waals surface area contributed by atoms with E-state index in [1.807, 2.05) is 12.1 Å². The normalized spacial score (nSPS) is 16.5. The molecule has 0 spiro atoms. The van der Waals surface area contributed by atoms with Gasteiger partial charge in [-0.05, 0) is 34.9 Å². The predicted octanol–water partition coefficient (Wildman–Crippen LogP) is 5.94. The molecule has 12 heteroatoms. The summed E-state index contributed by atoms with van der Waals surface area (Å²) in [6.07, 6.45) is -4.44. The molecule has 2 amide bonds. The number of anilines is 1. The number of rotatable bonds is 7. The van der Waals surface area contributed by atoms with E-state index >= 15 is 0 Å². The number of alkyl halides is 3. The molecule has 0 radical (unpaired) electrons. The van der Waals surface area contributed by atoms with E-state index in [1.165, 1.54) is 23.1 Å². The highest BCUT2D eigenvalue weighted by molar-refractivity contribution is 6.42. The van der Waals surface area contributed by atoms with Crippen molar-refractivity contribution >= 4 is 40.7 Å². The fourth-order valence-corrected chi connectivity index (χ4v) is 5.35. The van der Waals surface area contributed by atoms with E-state index in [4.69, 9.17) is 32.7 Å². The number of benzene rings is 3. The summed E-state index contributed by atoms with van der Waals surface area (Å²) in [5.74, 6) is -0.352. The van der Waals surface area contributed by atoms with Gasteiger partial charge in [-0.1, -0.05) is 59.6 Å². The molecule has 2 heterocycles. The van der Waals surface area contributed by atoms with Gasteiger partial charge >= 0.3 is 6.18 Å². The summed E-state index contributed by atoms with van der Waals surface area (Å²) in [6.45, 7) is 2.54. The molecule has 1 saturated heterocycles. The summed E-state index contributed by atoms with van der Waals surface area (Å²) in [4.78, 5) is 31.6. The molecule has 0 saturated carbocycles. The van der Waals surface area contributed by atoms with E-state index in [-0.39, 0.29) is 29.1 Å². The second kappa shape index (κ2) is 12.5. The molecule has 1 unspecified atom stereocenters. The van der Waals surface area contributed by atoms with E-state index in [1.54, 1.807) is 30.1 Å². The lowest BCUT2D eigenvalue weighted by atomic mass is 9.98. The Bertz CT molecular complexity index is 1460. The number of carbonyl (C=O) groups is 2. The van der Waals surface area contributed by atoms with Crippen LogP contribution in [0.4, 0.5) is 18.9 Å². The molecule has 1 fully saturated rings. The van der Waals surface area contributed by atoms with Crippen LogP contribution in [0.3, 0.4) is 0 Å². The van der Waals surface area contributed by atoms with Crippen LogP contribution in [0.15, 0.2) is 60.7 Å². The summed E-state index contributed by atoms with van der Waals surface area (Å²) < 4.78 is 50.7. The third-order valence-corrected chi connectivity index (χ3v) is 8.17. The fourth-order valence-electron chi connectivity index (χ4n) is 5.04. The van der Waals surface area contributed by atoms with Crippen LogP contribution >= 0.6 is 23.2 Å². The van der Waals surface area contributed by atoms with Crippen molar-refractivity contribution < 1.29 is 32.2 Å². The van der Waals surface area contributed by atoms with Crippen molar-refractivity contribution in [3.05, 3.63) is 81.8 Å². The molecule has 0 aromatic heterocycles. The highest BCUT2D eigenvalue weighted by Gasteiger charge is 2.33. The topological polar surface area (TPSA) is 62.3 Å². The summed E-state index contributed by atoms with van der Waals surface area (Å²) in [5.41, 5.74) is 1.50. The molecule has 5 rings (SSSR count). The molecule has 2 aliphatic heterocycles. The van der Waals surface area contributed by atoms with Crippen molar-refractivity contribution in [3.8, 4) is 16.9 Å². The quantitative estimate of drug-likeness (QED) is 0.327. The minimum absolute atomic E-state index is 0.227. The van der Waals surface area contributed by atoms with Gasteiger partial charge in [0, 0.05) is 32.7 Å². The molecule has 222 valence electrons. The third kappa shape index (κ3) is 6.67. The summed E-state index contributed by atoms with van der Waals surface area (Å²) >= 11 is 12.3. The first kappa shape index (κ1) is 30.2. The van der Waals surface area contributed by atoms with Gasteiger partial charge in [-0.2, -0.15) is 13.2 Å². The lowest BCUT2D eigenvalue weighted by Gasteiger charge is -2.37. The highest BCUT2D eigenvalue weighted by Crippen LogP contribution is 2.39. The van der Waals surface area contributed by atoms with Gasteiger partial charge in [-0.15, -0.1) is 0 Å². The average Bonchev–Trinajstić information content (AvgIpc) is 2.98. The number of ether oxygens (including phenoxy) is 2. The Morgan fingerprint density at radius 2 is 1.69 bits per heavy atom. The van der Waals surface area contributed by atoms with Crippen LogP contribution in [0.25, 0.3) is 11.1 Å². The van der Waals surface area contributed by atoms with Crippen LogP contribution < -0.4 is 9.64 Å². The van der Waals surface area contributed by atoms with Crippen LogP contribution in [0.2, 0.25) is 10.0 Å². The van der Waals surface area contributed by atoms with Gasteiger partial charge in [-0.25, -0.2) is 0 Å². The Morgan fingerprint density at radius 1 is 1.00 bits per heavy atom. The number of hydrogen-bond donors (Lipinski definition) is 0. The van der Waals surface area contributed by atoms with Crippen LogP contribution in [0, 0.1) is 0 Å². The maximum atomic E-state index is 13.7. The first-order valence-electron chi connectivity index (χ1n) is 13.3. The second-order valence-corrected chi connectivity index (χ2v) is 11.0. The Balaban J connectivity index is 1.40. The van der Waals surface area contributed by atoms with Gasteiger partial charge in [0.05, 0.1) is 40.6 Å². The van der Waals surface area contributed by atoms with Crippen molar-refractivity contribution in [2.24, 2.45) is 0 Å². The monoisotopic (exact) mass is 621 g/mol. The Labute approximate surface area is 251 Å². The van der Waals surface area contributed by atoms with Crippen molar-refractivity contribution in [1.29, 1.82) is 0 Å². The molecule has 3 aromatic carbocycles. The summed E-state index contributed by atoms with van der Waals surface area (Å²) in [7, 11) is 1.68. The fraction of sp³-hybridized carbons (Fsp3) is 0.333. The molecular weight excluding hydrogens is 594 g/mol. The molecule has 1 atom stereocenters. The number of amides is 2. The zero-order valence-electron chi connectivity index (χ0n) is 22.7. The Morgan fingerprint density at radius 3 is 2.38 bits per heavy atom. The van der Waals surface area contributed by atoms with Gasteiger partial charge < -0.3 is 14.4 Å². The van der Waals surface area contributed by atoms with E-state index in [0.717, 1.165) is 17.7 Å². The first-order valence-corrected chi connectivity index (χ1v) is 14.0. The summed E-state index contributed by atoms with van der Waals surface area (Å²) in [6, 6.07) is 14.9. The minimum atomic E-state index is -4.44. The Kier molecular flexibility index (Phi) is 8.98. The number of morpholine rings is 1. The number of fused-ring (bicyclic) bond motifs is 1. The van der Waals surface area contributed by atoms with E-state index in [9.17, 15) is 22.8 Å². The van der Waals surface area contributed by atoms with Gasteiger partial charge in [0.1, 0.15) is 12.3 Å². The van der Waals surface area contributed by atoms with Crippen LogP contribution in [-0.4, -0.2) is 74.7 Å². The molecular formula is C30H28Cl2F3N3O4. The standard InChI is InChI=1S/C30H28Cl2F3N3O4/c1-36(28(39)17-38-25-14-23(31)24(32)15-27(25)42-18-29(38)40)26(16-37-9-11-41-12-10-37)20-7-5-19(6-8-20)21-3-2-4-22(13-21)30(33,34)35/h2-8,13-15,26H,9-12,16-18H2,1H3. The molecule has 0 N–H and O–H groups in total. The van der Waals surface area contributed by atoms with Crippen molar-refractivity contribution in [3.63, 3.8) is 0 Å². The maximum absolute atomic E-state index is 13.7. The zero-order valence-corrected chi connectivity index (χ0v) is 24.2. The Hall–Kier alpha value is -3.31. The molecule has 42 heavy (non-hydrogen) atoms. The maximum Gasteiger partial charge on any atom is 0.416 e. The smallest absolute Gasteiger partial charge is 0.416 e. The average molecular weight is 622 g/mol. The van der Waals surface area contributed by atoms with E-state index < -0.39 is 23.7 Å². The lowest BCUT2D eigenvalue weighted by molar-refractivity contribution is -0.137. The number of likely N-dealkylation sites (N-methyl/N-ethyl adjacent to an activating group) is 1. The molecule has 7 nitrogen and oxygen atoms in total. The largest absolute Gasteiger partial charge is 0.482 e. The SMILES string of the molecule is CN(C(=O)CN1C(=O)COc2cc(Cl)c(Cl)cc21)C(CN1CCOCC1)c1ccc(-c2cccc(C(F)(F)F)c2)cc1. The zero-order chi connectivity index (χ0) is 30.0. The number of carbonyl (C=O) groups excluding carboxylic acids is 2. The van der Waals surface area contributed by atoms with Gasteiger partial charge in [-0.3, -0.25) is 19.4 Å². The molecule has 0 aliphatic carbocycles. The van der Waals surface area contributed by atoms with Crippen molar-refractivity contribution in [2.75, 3.05) is 57.9 Å². The van der Waals surface area contributed by atoms with Gasteiger partial charge in [0.15, 0.2) is 6.61 Å². The third-order valence-electron chi connectivity index (χ3n) is 7.45. The second-order valence-electron chi connectivity index (χ2n) is 10.1. The minimum Gasteiger partial charge on any atom is -0.482 e. The van der Waals surface area contributed by atoms with Crippen molar-refractivity contribution in [1.82, 2.24) is 9.80 Å². The van der Waals surface area contributed by atoms with Crippen LogP contribution in [0.1, 0.15) is 17.2 Å². The van der Waals surface area contributed by atoms with Crippen LogP contribution in [0.5, 0.6) is 5.75 Å². The number of hydrogen-bond acceptors (Lipinski definition) is 5. The van der Waals surface area contributed by atoms with Crippen molar-refractivity contribution in [2.45, 2.75) is 12.2 Å². The van der Waals surface area contributed by atoms with Gasteiger partial charge in [0.2, 0.25) is 5.91 Å². The molecule has 3 aromatic rings. The van der Waals surface area contributed by atoms with E-state index in [0.29, 0.717) is 55.4 Å². The van der Waals surface area contributed by atoms with Gasteiger partial charge in [0.25, 0.3) is 5.91 Å².